The van der Waals surface area contributed by atoms with Crippen molar-refractivity contribution in [3.05, 3.63) is 75.5 Å². The fraction of sp³-hybridized carbons (Fsp3) is 0.310. The quantitative estimate of drug-likeness (QED) is 0.314. The first-order chi connectivity index (χ1) is 19.6. The molecule has 41 heavy (non-hydrogen) atoms. The van der Waals surface area contributed by atoms with Crippen LogP contribution in [-0.2, 0) is 28.3 Å². The molecule has 1 saturated heterocycles. The second-order valence-electron chi connectivity index (χ2n) is 9.76. The summed E-state index contributed by atoms with van der Waals surface area (Å²) >= 11 is 0. The molecular formula is C29H30FN5O5S. The largest absolute Gasteiger partial charge is 0.493 e. The van der Waals surface area contributed by atoms with Gasteiger partial charge in [0.1, 0.15) is 22.9 Å². The third-order valence-electron chi connectivity index (χ3n) is 6.88. The van der Waals surface area contributed by atoms with Crippen molar-refractivity contribution in [3.63, 3.8) is 0 Å². The van der Waals surface area contributed by atoms with Crippen LogP contribution in [-0.4, -0.2) is 58.0 Å². The highest BCUT2D eigenvalue weighted by molar-refractivity contribution is 7.89. The number of aryl methyl sites for hydroxylation is 2. The van der Waals surface area contributed by atoms with Gasteiger partial charge in [-0.05, 0) is 55.3 Å². The molecular weight excluding hydrogens is 549 g/mol. The number of fused-ring (bicyclic) bond motifs is 1. The molecule has 0 saturated carbocycles. The Hall–Kier alpha value is -4.16. The molecule has 12 heteroatoms. The number of ketones is 1. The number of ether oxygens (including phenoxy) is 1. The number of sulfonamides is 1. The summed E-state index contributed by atoms with van der Waals surface area (Å²) in [6.07, 6.45) is 2.94. The molecule has 2 aromatic heterocycles. The van der Waals surface area contributed by atoms with Gasteiger partial charge in [-0.15, -0.1) is 0 Å². The van der Waals surface area contributed by atoms with Gasteiger partial charge in [-0.1, -0.05) is 25.5 Å². The summed E-state index contributed by atoms with van der Waals surface area (Å²) in [6.45, 7) is 3.95. The molecule has 5 rings (SSSR count). The lowest BCUT2D eigenvalue weighted by Gasteiger charge is -2.27. The average molecular weight is 580 g/mol. The third kappa shape index (κ3) is 5.57. The zero-order valence-corrected chi connectivity index (χ0v) is 23.8. The van der Waals surface area contributed by atoms with E-state index >= 15 is 0 Å². The molecule has 10 nitrogen and oxygen atoms in total. The van der Waals surface area contributed by atoms with E-state index in [1.807, 2.05) is 6.92 Å². The normalized spacial score (nSPS) is 15.6. The molecule has 4 aromatic rings. The van der Waals surface area contributed by atoms with Crippen LogP contribution in [0.2, 0.25) is 0 Å². The Kier molecular flexibility index (Phi) is 7.87. The van der Waals surface area contributed by atoms with Crippen molar-refractivity contribution in [1.29, 1.82) is 0 Å². The number of Topliss-reactive ketones (excluding diaryl/α,β-unsaturated/α-hetero) is 1. The number of hydrogen-bond donors (Lipinski definition) is 1. The number of aromatic amines is 1. The van der Waals surface area contributed by atoms with Crippen LogP contribution < -0.4 is 10.3 Å². The van der Waals surface area contributed by atoms with Gasteiger partial charge in [-0.25, -0.2) is 17.8 Å². The number of halogens is 1. The molecule has 1 N–H and O–H groups in total. The number of H-pyrrole nitrogens is 1. The van der Waals surface area contributed by atoms with Gasteiger partial charge in [0, 0.05) is 32.1 Å². The Morgan fingerprint density at radius 1 is 1.15 bits per heavy atom. The SMILES string of the molecule is CCCc1nn(C)c2c(=O)[nH]c(-c3cc(S(=O)(=O)N4CCC(=O)C(=Cc5cccc(F)c5)C4)ccc3OCC)nc12. The average Bonchev–Trinajstić information content (AvgIpc) is 3.25. The van der Waals surface area contributed by atoms with Gasteiger partial charge in [-0.3, -0.25) is 14.3 Å². The maximum atomic E-state index is 13.8. The fourth-order valence-corrected chi connectivity index (χ4v) is 6.38. The van der Waals surface area contributed by atoms with E-state index in [4.69, 9.17) is 4.74 Å². The van der Waals surface area contributed by atoms with Crippen LogP contribution in [0.4, 0.5) is 4.39 Å². The predicted octanol–water partition coefficient (Wildman–Crippen LogP) is 3.86. The van der Waals surface area contributed by atoms with Crippen LogP contribution in [0.25, 0.3) is 28.5 Å². The summed E-state index contributed by atoms with van der Waals surface area (Å²) in [5.74, 6) is -0.126. The van der Waals surface area contributed by atoms with Gasteiger partial charge in [0.15, 0.2) is 11.3 Å². The Labute approximate surface area is 236 Å². The van der Waals surface area contributed by atoms with Gasteiger partial charge < -0.3 is 9.72 Å². The van der Waals surface area contributed by atoms with E-state index in [0.29, 0.717) is 46.6 Å². The van der Waals surface area contributed by atoms with E-state index in [0.717, 1.165) is 6.42 Å². The van der Waals surface area contributed by atoms with E-state index in [2.05, 4.69) is 15.1 Å². The molecule has 2 aromatic carbocycles. The Morgan fingerprint density at radius 2 is 1.95 bits per heavy atom. The lowest BCUT2D eigenvalue weighted by Crippen LogP contribution is -2.40. The molecule has 0 aliphatic carbocycles. The van der Waals surface area contributed by atoms with E-state index in [1.165, 1.54) is 51.5 Å². The van der Waals surface area contributed by atoms with Gasteiger partial charge in [0.25, 0.3) is 5.56 Å². The number of rotatable bonds is 8. The Balaban J connectivity index is 1.56. The topological polar surface area (TPSA) is 127 Å². The zero-order valence-electron chi connectivity index (χ0n) is 23.0. The van der Waals surface area contributed by atoms with Crippen LogP contribution in [0.15, 0.2) is 57.7 Å². The standard InChI is InChI=1S/C29H30FN5O5S/c1-4-7-23-26-27(34(3)33-23)29(37)32-28(31-26)22-16-21(10-11-25(22)40-5-2)41(38,39)35-13-12-24(36)19(17-35)14-18-8-6-9-20(30)15-18/h6,8-11,14-16H,4-5,7,12-13,17H2,1-3H3,(H,31,32,37). The number of aromatic nitrogens is 4. The van der Waals surface area contributed by atoms with E-state index < -0.39 is 21.4 Å². The van der Waals surface area contributed by atoms with Crippen LogP contribution in [0.5, 0.6) is 5.75 Å². The van der Waals surface area contributed by atoms with Crippen molar-refractivity contribution in [2.75, 3.05) is 19.7 Å². The Bertz CT molecular complexity index is 1840. The maximum Gasteiger partial charge on any atom is 0.277 e. The minimum absolute atomic E-state index is 0.00130. The fourth-order valence-electron chi connectivity index (χ4n) is 4.94. The number of hydrogen-bond acceptors (Lipinski definition) is 7. The molecule has 0 radical (unpaired) electrons. The number of carbonyl (C=O) groups excluding carboxylic acids is 1. The maximum absolute atomic E-state index is 13.8. The summed E-state index contributed by atoms with van der Waals surface area (Å²) in [5, 5.41) is 4.45. The first-order valence-electron chi connectivity index (χ1n) is 13.3. The second kappa shape index (κ2) is 11.4. The first kappa shape index (κ1) is 28.4. The number of carbonyl (C=O) groups is 1. The molecule has 3 heterocycles. The molecule has 0 atom stereocenters. The number of nitrogens with one attached hydrogen (secondary N) is 1. The number of piperidine rings is 1. The molecule has 1 aliphatic heterocycles. The van der Waals surface area contributed by atoms with Crippen LogP contribution in [0.1, 0.15) is 37.9 Å². The lowest BCUT2D eigenvalue weighted by molar-refractivity contribution is -0.116. The highest BCUT2D eigenvalue weighted by Gasteiger charge is 2.32. The smallest absolute Gasteiger partial charge is 0.277 e. The summed E-state index contributed by atoms with van der Waals surface area (Å²) in [5.41, 5.74) is 2.10. The van der Waals surface area contributed by atoms with Crippen molar-refractivity contribution < 1.29 is 22.3 Å². The van der Waals surface area contributed by atoms with Crippen molar-refractivity contribution in [2.24, 2.45) is 7.05 Å². The highest BCUT2D eigenvalue weighted by Crippen LogP contribution is 2.33. The van der Waals surface area contributed by atoms with Crippen molar-refractivity contribution >= 4 is 32.9 Å². The van der Waals surface area contributed by atoms with Crippen molar-refractivity contribution in [3.8, 4) is 17.1 Å². The molecule has 214 valence electrons. The summed E-state index contributed by atoms with van der Waals surface area (Å²) < 4.78 is 49.8. The Morgan fingerprint density at radius 3 is 2.68 bits per heavy atom. The molecule has 1 aliphatic rings. The second-order valence-corrected chi connectivity index (χ2v) is 11.7. The minimum Gasteiger partial charge on any atom is -0.493 e. The molecule has 0 amide bonds. The summed E-state index contributed by atoms with van der Waals surface area (Å²) in [7, 11) is -2.39. The summed E-state index contributed by atoms with van der Waals surface area (Å²) in [4.78, 5) is 33.1. The van der Waals surface area contributed by atoms with E-state index in [1.54, 1.807) is 20.0 Å². The van der Waals surface area contributed by atoms with E-state index in [-0.39, 0.29) is 41.6 Å². The van der Waals surface area contributed by atoms with E-state index in [9.17, 15) is 22.4 Å². The minimum atomic E-state index is -4.07. The first-order valence-corrected chi connectivity index (χ1v) is 14.8. The highest BCUT2D eigenvalue weighted by atomic mass is 32.2. The predicted molar refractivity (Wildman–Crippen MR) is 152 cm³/mol. The van der Waals surface area contributed by atoms with Crippen molar-refractivity contribution in [1.82, 2.24) is 24.1 Å². The number of nitrogens with zero attached hydrogens (tertiary/aromatic N) is 4. The van der Waals surface area contributed by atoms with Crippen LogP contribution in [0, 0.1) is 5.82 Å². The van der Waals surface area contributed by atoms with Crippen molar-refractivity contribution in [2.45, 2.75) is 38.0 Å². The monoisotopic (exact) mass is 579 g/mol. The molecule has 0 spiro atoms. The molecule has 0 unspecified atom stereocenters. The summed E-state index contributed by atoms with van der Waals surface area (Å²) in [6, 6.07) is 10.1. The van der Waals surface area contributed by atoms with Gasteiger partial charge in [-0.2, -0.15) is 9.40 Å². The third-order valence-corrected chi connectivity index (χ3v) is 8.72. The lowest BCUT2D eigenvalue weighted by atomic mass is 10.0. The van der Waals surface area contributed by atoms with Gasteiger partial charge in [0.2, 0.25) is 10.0 Å². The van der Waals surface area contributed by atoms with Gasteiger partial charge in [0.05, 0.1) is 22.8 Å². The van der Waals surface area contributed by atoms with Gasteiger partial charge >= 0.3 is 0 Å². The number of benzene rings is 2. The molecule has 1 fully saturated rings. The zero-order chi connectivity index (χ0) is 29.3. The van der Waals surface area contributed by atoms with Crippen LogP contribution >= 0.6 is 0 Å². The molecule has 0 bridgehead atoms. The van der Waals surface area contributed by atoms with Crippen LogP contribution in [0.3, 0.4) is 0 Å².